The Kier molecular flexibility index (Phi) is 8.29. The molecule has 0 bridgehead atoms. The van der Waals surface area contributed by atoms with E-state index in [1.807, 2.05) is 19.9 Å². The molecule has 1 fully saturated rings. The highest BCUT2D eigenvalue weighted by molar-refractivity contribution is 9.10. The molecule has 3 aromatic rings. The molecule has 0 unspecified atom stereocenters. The SMILES string of the molecule is CC[C@H](C)c1nc2ccc(Br)cc2c(=O)n1N=Cc1ccc(OCC(=O)N2CCOCC2)c([N+](=O)[O-])c1. The number of carbonyl (C=O) groups is 1. The number of fused-ring (bicyclic) bond motifs is 1. The molecule has 194 valence electrons. The van der Waals surface area contributed by atoms with Gasteiger partial charge in [0.25, 0.3) is 11.5 Å². The van der Waals surface area contributed by atoms with Crippen molar-refractivity contribution in [3.8, 4) is 5.75 Å². The largest absolute Gasteiger partial charge is 0.477 e. The number of amides is 1. The Morgan fingerprint density at radius 1 is 1.30 bits per heavy atom. The fourth-order valence-electron chi connectivity index (χ4n) is 3.83. The lowest BCUT2D eigenvalue weighted by Crippen LogP contribution is -2.43. The Bertz CT molecular complexity index is 1420. The molecule has 1 amide bonds. The van der Waals surface area contributed by atoms with Crippen molar-refractivity contribution in [1.29, 1.82) is 0 Å². The zero-order chi connectivity index (χ0) is 26.5. The monoisotopic (exact) mass is 571 g/mol. The van der Waals surface area contributed by atoms with Crippen LogP contribution >= 0.6 is 15.9 Å². The molecule has 4 rings (SSSR count). The summed E-state index contributed by atoms with van der Waals surface area (Å²) < 4.78 is 12.7. The standard InChI is InChI=1S/C25H26BrN5O6/c1-3-16(2)24-28-20-6-5-18(26)13-19(20)25(33)30(24)27-14-17-4-7-22(21(12-17)31(34)35)37-15-23(32)29-8-10-36-11-9-29/h4-7,12-14,16H,3,8-11,15H2,1-2H3/t16-/m0/s1. The number of carbonyl (C=O) groups excluding carboxylic acids is 1. The molecular formula is C25H26BrN5O6. The summed E-state index contributed by atoms with van der Waals surface area (Å²) in [7, 11) is 0. The van der Waals surface area contributed by atoms with E-state index in [-0.39, 0.29) is 35.4 Å². The van der Waals surface area contributed by atoms with Crippen LogP contribution in [0.2, 0.25) is 0 Å². The van der Waals surface area contributed by atoms with Crippen molar-refractivity contribution in [2.75, 3.05) is 32.9 Å². The summed E-state index contributed by atoms with van der Waals surface area (Å²) >= 11 is 3.38. The third-order valence-electron chi connectivity index (χ3n) is 6.10. The molecule has 1 aromatic heterocycles. The first-order chi connectivity index (χ1) is 17.8. The van der Waals surface area contributed by atoms with E-state index >= 15 is 0 Å². The Morgan fingerprint density at radius 3 is 2.76 bits per heavy atom. The zero-order valence-electron chi connectivity index (χ0n) is 20.4. The lowest BCUT2D eigenvalue weighted by Gasteiger charge is -2.26. The summed E-state index contributed by atoms with van der Waals surface area (Å²) in [6, 6.07) is 9.56. The fraction of sp³-hybridized carbons (Fsp3) is 0.360. The topological polar surface area (TPSA) is 129 Å². The first-order valence-corrected chi connectivity index (χ1v) is 12.6. The van der Waals surface area contributed by atoms with E-state index in [0.29, 0.717) is 48.6 Å². The average Bonchev–Trinajstić information content (AvgIpc) is 2.91. The molecule has 1 aliphatic heterocycles. The van der Waals surface area contributed by atoms with E-state index in [0.717, 1.165) is 10.9 Å². The number of nitro groups is 1. The van der Waals surface area contributed by atoms with Crippen LogP contribution in [0.4, 0.5) is 5.69 Å². The van der Waals surface area contributed by atoms with Crippen LogP contribution in [-0.4, -0.2) is 64.5 Å². The third kappa shape index (κ3) is 6.03. The van der Waals surface area contributed by atoms with Gasteiger partial charge in [-0.25, -0.2) is 4.98 Å². The van der Waals surface area contributed by atoms with Gasteiger partial charge in [0.05, 0.1) is 35.3 Å². The van der Waals surface area contributed by atoms with Crippen molar-refractivity contribution >= 4 is 44.6 Å². The lowest BCUT2D eigenvalue weighted by molar-refractivity contribution is -0.385. The predicted molar refractivity (Wildman–Crippen MR) is 141 cm³/mol. The number of hydrogen-bond donors (Lipinski definition) is 0. The molecule has 0 radical (unpaired) electrons. The summed E-state index contributed by atoms with van der Waals surface area (Å²) in [6.07, 6.45) is 2.11. The summed E-state index contributed by atoms with van der Waals surface area (Å²) in [4.78, 5) is 43.0. The minimum atomic E-state index is -0.586. The van der Waals surface area contributed by atoms with Crippen molar-refractivity contribution in [3.05, 3.63) is 72.7 Å². The molecule has 12 heteroatoms. The number of hydrogen-bond acceptors (Lipinski definition) is 8. The Balaban J connectivity index is 1.63. The smallest absolute Gasteiger partial charge is 0.311 e. The number of halogens is 1. The fourth-order valence-corrected chi connectivity index (χ4v) is 4.19. The van der Waals surface area contributed by atoms with Crippen molar-refractivity contribution in [3.63, 3.8) is 0 Å². The third-order valence-corrected chi connectivity index (χ3v) is 6.60. The van der Waals surface area contributed by atoms with E-state index in [1.54, 1.807) is 23.1 Å². The van der Waals surface area contributed by atoms with Crippen LogP contribution in [0.25, 0.3) is 10.9 Å². The molecule has 0 aliphatic carbocycles. The van der Waals surface area contributed by atoms with Crippen LogP contribution in [0.5, 0.6) is 5.75 Å². The maximum atomic E-state index is 13.3. The van der Waals surface area contributed by atoms with Crippen LogP contribution in [-0.2, 0) is 9.53 Å². The van der Waals surface area contributed by atoms with Crippen LogP contribution in [0.1, 0.15) is 37.6 Å². The van der Waals surface area contributed by atoms with Crippen molar-refractivity contribution in [1.82, 2.24) is 14.6 Å². The van der Waals surface area contributed by atoms with Gasteiger partial charge >= 0.3 is 5.69 Å². The number of morpholine rings is 1. The van der Waals surface area contributed by atoms with Gasteiger partial charge in [0.15, 0.2) is 12.4 Å². The number of rotatable bonds is 8. The van der Waals surface area contributed by atoms with Crippen LogP contribution in [0.3, 0.4) is 0 Å². The van der Waals surface area contributed by atoms with Gasteiger partial charge in [-0.15, -0.1) is 0 Å². The van der Waals surface area contributed by atoms with Crippen molar-refractivity contribution in [2.45, 2.75) is 26.2 Å². The van der Waals surface area contributed by atoms with Crippen molar-refractivity contribution < 1.29 is 19.2 Å². The molecule has 0 spiro atoms. The second kappa shape index (κ2) is 11.6. The highest BCUT2D eigenvalue weighted by atomic mass is 79.9. The molecule has 0 saturated carbocycles. The Hall–Kier alpha value is -3.64. The van der Waals surface area contributed by atoms with Crippen LogP contribution in [0.15, 0.2) is 50.8 Å². The zero-order valence-corrected chi connectivity index (χ0v) is 22.0. The minimum absolute atomic E-state index is 0.0292. The second-order valence-electron chi connectivity index (χ2n) is 8.57. The van der Waals surface area contributed by atoms with Crippen LogP contribution in [0, 0.1) is 10.1 Å². The summed E-state index contributed by atoms with van der Waals surface area (Å²) in [5.41, 5.74) is 0.302. The number of nitrogens with zero attached hydrogens (tertiary/aromatic N) is 5. The molecule has 0 N–H and O–H groups in total. The van der Waals surface area contributed by atoms with E-state index in [1.165, 1.54) is 23.0 Å². The van der Waals surface area contributed by atoms with Gasteiger partial charge in [-0.3, -0.25) is 19.7 Å². The first kappa shape index (κ1) is 26.4. The van der Waals surface area contributed by atoms with E-state index in [2.05, 4.69) is 26.0 Å². The summed E-state index contributed by atoms with van der Waals surface area (Å²) in [5, 5.41) is 16.5. The van der Waals surface area contributed by atoms with Gasteiger partial charge in [-0.05, 0) is 36.8 Å². The summed E-state index contributed by atoms with van der Waals surface area (Å²) in [5.74, 6) is 0.149. The maximum Gasteiger partial charge on any atom is 0.311 e. The van der Waals surface area contributed by atoms with Crippen molar-refractivity contribution in [2.24, 2.45) is 5.10 Å². The predicted octanol–water partition coefficient (Wildman–Crippen LogP) is 3.70. The first-order valence-electron chi connectivity index (χ1n) is 11.8. The lowest BCUT2D eigenvalue weighted by atomic mass is 10.1. The molecule has 1 atom stereocenters. The molecule has 11 nitrogen and oxygen atoms in total. The second-order valence-corrected chi connectivity index (χ2v) is 9.48. The van der Waals surface area contributed by atoms with Gasteiger partial charge < -0.3 is 14.4 Å². The van der Waals surface area contributed by atoms with E-state index < -0.39 is 4.92 Å². The molecule has 1 aliphatic rings. The highest BCUT2D eigenvalue weighted by Crippen LogP contribution is 2.28. The van der Waals surface area contributed by atoms with Gasteiger partial charge in [0.1, 0.15) is 5.82 Å². The molecule has 2 heterocycles. The molecule has 1 saturated heterocycles. The summed E-state index contributed by atoms with van der Waals surface area (Å²) in [6.45, 7) is 5.44. The van der Waals surface area contributed by atoms with Gasteiger partial charge in [0.2, 0.25) is 0 Å². The number of ether oxygens (including phenoxy) is 2. The molecule has 37 heavy (non-hydrogen) atoms. The Labute approximate surface area is 221 Å². The number of nitro benzene ring substituents is 1. The minimum Gasteiger partial charge on any atom is -0.477 e. The van der Waals surface area contributed by atoms with E-state index in [4.69, 9.17) is 9.47 Å². The number of benzene rings is 2. The van der Waals surface area contributed by atoms with Gasteiger partial charge in [-0.1, -0.05) is 29.8 Å². The highest BCUT2D eigenvalue weighted by Gasteiger charge is 2.21. The quantitative estimate of drug-likeness (QED) is 0.229. The van der Waals surface area contributed by atoms with E-state index in [9.17, 15) is 19.7 Å². The maximum absolute atomic E-state index is 13.3. The number of aromatic nitrogens is 2. The molecular weight excluding hydrogens is 546 g/mol. The average molecular weight is 572 g/mol. The normalized spacial score (nSPS) is 14.7. The van der Waals surface area contributed by atoms with Gasteiger partial charge in [0, 0.05) is 35.1 Å². The van der Waals surface area contributed by atoms with Crippen LogP contribution < -0.4 is 10.3 Å². The van der Waals surface area contributed by atoms with Gasteiger partial charge in [-0.2, -0.15) is 9.78 Å². The Morgan fingerprint density at radius 2 is 2.05 bits per heavy atom. The molecule has 2 aromatic carbocycles.